The molecule has 0 aliphatic carbocycles. The largest absolute Gasteiger partial charge is 0.481 e. The van der Waals surface area contributed by atoms with E-state index >= 15 is 0 Å². The van der Waals surface area contributed by atoms with E-state index in [1.54, 1.807) is 4.68 Å². The van der Waals surface area contributed by atoms with Crippen molar-refractivity contribution in [1.82, 2.24) is 25.1 Å². The molecule has 0 saturated heterocycles. The first kappa shape index (κ1) is 12.6. The number of carboxylic acids is 1. The molecule has 1 rings (SSSR count). The van der Waals surface area contributed by atoms with Gasteiger partial charge < -0.3 is 5.11 Å². The van der Waals surface area contributed by atoms with Gasteiger partial charge in [0.05, 0.1) is 13.0 Å². The predicted octanol–water partition coefficient (Wildman–Crippen LogP) is -0.0104. The predicted molar refractivity (Wildman–Crippen MR) is 56.7 cm³/mol. The van der Waals surface area contributed by atoms with E-state index in [1.165, 1.54) is 0 Å². The van der Waals surface area contributed by atoms with E-state index in [1.807, 2.05) is 11.9 Å². The van der Waals surface area contributed by atoms with Crippen LogP contribution in [0.15, 0.2) is 0 Å². The highest BCUT2D eigenvalue weighted by atomic mass is 16.4. The van der Waals surface area contributed by atoms with Crippen molar-refractivity contribution < 1.29 is 9.90 Å². The second kappa shape index (κ2) is 6.16. The van der Waals surface area contributed by atoms with Crippen molar-refractivity contribution >= 4 is 5.97 Å². The summed E-state index contributed by atoms with van der Waals surface area (Å²) >= 11 is 0. The highest BCUT2D eigenvalue weighted by Crippen LogP contribution is 1.99. The van der Waals surface area contributed by atoms with E-state index < -0.39 is 5.97 Å². The molecule has 1 aromatic rings. The Morgan fingerprint density at radius 3 is 2.94 bits per heavy atom. The van der Waals surface area contributed by atoms with Crippen LogP contribution >= 0.6 is 0 Å². The van der Waals surface area contributed by atoms with Gasteiger partial charge in [-0.25, -0.2) is 4.68 Å². The van der Waals surface area contributed by atoms with Crippen molar-refractivity contribution in [3.8, 4) is 0 Å². The zero-order valence-corrected chi connectivity index (χ0v) is 9.63. The lowest BCUT2D eigenvalue weighted by Gasteiger charge is -2.14. The fraction of sp³-hybridized carbons (Fsp3) is 0.778. The fourth-order valence-corrected chi connectivity index (χ4v) is 1.33. The van der Waals surface area contributed by atoms with Gasteiger partial charge in [-0.3, -0.25) is 9.69 Å². The summed E-state index contributed by atoms with van der Waals surface area (Å²) in [7, 11) is 1.86. The standard InChI is InChI=1S/C9H17N5O2/c1-3-5-14-8(10-11-12-14)7-13(2)6-4-9(15)16/h3-7H2,1-2H3,(H,15,16). The molecule has 0 saturated carbocycles. The van der Waals surface area contributed by atoms with Crippen LogP contribution in [0.1, 0.15) is 25.6 Å². The molecule has 0 aliphatic rings. The number of hydrogen-bond acceptors (Lipinski definition) is 5. The van der Waals surface area contributed by atoms with Crippen LogP contribution in [0.2, 0.25) is 0 Å². The van der Waals surface area contributed by atoms with E-state index in [2.05, 4.69) is 22.4 Å². The van der Waals surface area contributed by atoms with Gasteiger partial charge in [0.1, 0.15) is 0 Å². The molecule has 1 N–H and O–H groups in total. The smallest absolute Gasteiger partial charge is 0.304 e. The molecule has 0 radical (unpaired) electrons. The lowest BCUT2D eigenvalue weighted by Crippen LogP contribution is -2.23. The highest BCUT2D eigenvalue weighted by Gasteiger charge is 2.09. The Morgan fingerprint density at radius 2 is 2.31 bits per heavy atom. The van der Waals surface area contributed by atoms with E-state index in [0.29, 0.717) is 13.1 Å². The van der Waals surface area contributed by atoms with Gasteiger partial charge in [-0.15, -0.1) is 5.10 Å². The Bertz CT molecular complexity index is 338. The second-order valence-electron chi connectivity index (χ2n) is 3.70. The lowest BCUT2D eigenvalue weighted by molar-refractivity contribution is -0.137. The minimum Gasteiger partial charge on any atom is -0.481 e. The van der Waals surface area contributed by atoms with Crippen molar-refractivity contribution in [2.45, 2.75) is 32.9 Å². The van der Waals surface area contributed by atoms with Crippen LogP contribution in [0.25, 0.3) is 0 Å². The quantitative estimate of drug-likeness (QED) is 0.705. The summed E-state index contributed by atoms with van der Waals surface area (Å²) < 4.78 is 1.75. The molecule has 0 aliphatic heterocycles. The van der Waals surface area contributed by atoms with Crippen molar-refractivity contribution in [2.75, 3.05) is 13.6 Å². The van der Waals surface area contributed by atoms with Crippen LogP contribution in [-0.4, -0.2) is 49.8 Å². The van der Waals surface area contributed by atoms with Crippen LogP contribution in [0.3, 0.4) is 0 Å². The van der Waals surface area contributed by atoms with Crippen LogP contribution in [0.4, 0.5) is 0 Å². The van der Waals surface area contributed by atoms with Crippen molar-refractivity contribution in [3.63, 3.8) is 0 Å². The molecule has 1 heterocycles. The molecule has 0 aromatic carbocycles. The normalized spacial score (nSPS) is 10.9. The number of aromatic nitrogens is 4. The first-order valence-corrected chi connectivity index (χ1v) is 5.29. The van der Waals surface area contributed by atoms with E-state index in [0.717, 1.165) is 18.8 Å². The fourth-order valence-electron chi connectivity index (χ4n) is 1.33. The Hall–Kier alpha value is -1.50. The van der Waals surface area contributed by atoms with Crippen LogP contribution in [-0.2, 0) is 17.9 Å². The first-order valence-electron chi connectivity index (χ1n) is 5.29. The van der Waals surface area contributed by atoms with E-state index in [9.17, 15) is 4.79 Å². The molecule has 90 valence electrons. The van der Waals surface area contributed by atoms with Gasteiger partial charge in [0.15, 0.2) is 5.82 Å². The van der Waals surface area contributed by atoms with Crippen molar-refractivity contribution in [2.24, 2.45) is 0 Å². The number of nitrogens with zero attached hydrogens (tertiary/aromatic N) is 5. The van der Waals surface area contributed by atoms with Gasteiger partial charge in [-0.1, -0.05) is 6.92 Å². The van der Waals surface area contributed by atoms with Gasteiger partial charge in [0.2, 0.25) is 0 Å². The third-order valence-corrected chi connectivity index (χ3v) is 2.16. The van der Waals surface area contributed by atoms with Gasteiger partial charge in [-0.05, 0) is 23.9 Å². The first-order chi connectivity index (χ1) is 7.63. The van der Waals surface area contributed by atoms with Crippen LogP contribution in [0, 0.1) is 0 Å². The second-order valence-corrected chi connectivity index (χ2v) is 3.70. The maximum atomic E-state index is 10.4. The monoisotopic (exact) mass is 227 g/mol. The summed E-state index contributed by atoms with van der Waals surface area (Å²) in [6.07, 6.45) is 1.10. The Kier molecular flexibility index (Phi) is 4.84. The van der Waals surface area contributed by atoms with Gasteiger partial charge in [-0.2, -0.15) is 0 Å². The van der Waals surface area contributed by atoms with Gasteiger partial charge >= 0.3 is 5.97 Å². The zero-order chi connectivity index (χ0) is 12.0. The summed E-state index contributed by atoms with van der Waals surface area (Å²) in [5.74, 6) is -0.0188. The molecule has 0 unspecified atom stereocenters. The minimum atomic E-state index is -0.792. The van der Waals surface area contributed by atoms with Crippen LogP contribution < -0.4 is 0 Å². The third kappa shape index (κ3) is 3.93. The molecule has 0 fully saturated rings. The summed E-state index contributed by atoms with van der Waals surface area (Å²) in [4.78, 5) is 12.3. The lowest BCUT2D eigenvalue weighted by atomic mass is 10.4. The molecule has 0 bridgehead atoms. The highest BCUT2D eigenvalue weighted by molar-refractivity contribution is 5.66. The minimum absolute atomic E-state index is 0.131. The van der Waals surface area contributed by atoms with Crippen molar-refractivity contribution in [1.29, 1.82) is 0 Å². The molecule has 1 aromatic heterocycles. The number of tetrazole rings is 1. The molecule has 0 amide bonds. The van der Waals surface area contributed by atoms with Crippen LogP contribution in [0.5, 0.6) is 0 Å². The number of hydrogen-bond donors (Lipinski definition) is 1. The Balaban J connectivity index is 2.45. The number of aryl methyl sites for hydroxylation is 1. The zero-order valence-electron chi connectivity index (χ0n) is 9.63. The molecular weight excluding hydrogens is 210 g/mol. The number of carboxylic acid groups (broad SMARTS) is 1. The average Bonchev–Trinajstić information content (AvgIpc) is 2.63. The molecule has 0 spiro atoms. The Morgan fingerprint density at radius 1 is 1.56 bits per heavy atom. The molecule has 7 nitrogen and oxygen atoms in total. The average molecular weight is 227 g/mol. The summed E-state index contributed by atoms with van der Waals surface area (Å²) in [5.41, 5.74) is 0. The number of carbonyl (C=O) groups is 1. The number of aliphatic carboxylic acids is 1. The van der Waals surface area contributed by atoms with Gasteiger partial charge in [0, 0.05) is 13.1 Å². The number of rotatable bonds is 7. The summed E-state index contributed by atoms with van der Waals surface area (Å²) in [5, 5.41) is 19.9. The summed E-state index contributed by atoms with van der Waals surface area (Å²) in [6.45, 7) is 3.91. The maximum Gasteiger partial charge on any atom is 0.304 e. The third-order valence-electron chi connectivity index (χ3n) is 2.16. The Labute approximate surface area is 94.0 Å². The van der Waals surface area contributed by atoms with Gasteiger partial charge in [0.25, 0.3) is 0 Å². The van der Waals surface area contributed by atoms with Crippen molar-refractivity contribution in [3.05, 3.63) is 5.82 Å². The molecule has 0 atom stereocenters. The maximum absolute atomic E-state index is 10.4. The topological polar surface area (TPSA) is 84.1 Å². The van der Waals surface area contributed by atoms with E-state index in [-0.39, 0.29) is 6.42 Å². The summed E-state index contributed by atoms with van der Waals surface area (Å²) in [6, 6.07) is 0. The molecular formula is C9H17N5O2. The molecule has 7 heteroatoms. The van der Waals surface area contributed by atoms with E-state index in [4.69, 9.17) is 5.11 Å². The SMILES string of the molecule is CCCn1nnnc1CN(C)CCC(=O)O. The molecule has 16 heavy (non-hydrogen) atoms.